The van der Waals surface area contributed by atoms with Crippen molar-refractivity contribution >= 4 is 5.91 Å². The number of hydrogen-bond acceptors (Lipinski definition) is 4. The number of carbonyl (C=O) groups is 1. The first-order valence-corrected chi connectivity index (χ1v) is 8.04. The van der Waals surface area contributed by atoms with Crippen LogP contribution in [0, 0.1) is 5.92 Å². The van der Waals surface area contributed by atoms with Crippen molar-refractivity contribution in [1.29, 1.82) is 0 Å². The fraction of sp³-hybridized carbons (Fsp3) is 0.933. The molecule has 5 heteroatoms. The molecule has 2 atom stereocenters. The number of piperidine rings is 1. The van der Waals surface area contributed by atoms with Crippen LogP contribution in [0.2, 0.25) is 0 Å². The van der Waals surface area contributed by atoms with Gasteiger partial charge in [0.25, 0.3) is 0 Å². The van der Waals surface area contributed by atoms with E-state index < -0.39 is 0 Å². The van der Waals surface area contributed by atoms with Crippen LogP contribution in [-0.4, -0.2) is 62.4 Å². The zero-order chi connectivity index (χ0) is 13.8. The first-order chi connectivity index (χ1) is 9.84. The van der Waals surface area contributed by atoms with E-state index in [2.05, 4.69) is 10.2 Å². The summed E-state index contributed by atoms with van der Waals surface area (Å²) in [5.74, 6) is 0.331. The number of ether oxygens (including phenoxy) is 2. The third kappa shape index (κ3) is 3.32. The van der Waals surface area contributed by atoms with Gasteiger partial charge in [0.15, 0.2) is 0 Å². The molecule has 0 aliphatic carbocycles. The van der Waals surface area contributed by atoms with E-state index in [1.165, 1.54) is 19.3 Å². The van der Waals surface area contributed by atoms with Crippen molar-refractivity contribution < 1.29 is 14.3 Å². The van der Waals surface area contributed by atoms with Crippen molar-refractivity contribution in [3.05, 3.63) is 0 Å². The van der Waals surface area contributed by atoms with Crippen molar-refractivity contribution in [3.8, 4) is 0 Å². The highest BCUT2D eigenvalue weighted by Gasteiger charge is 2.35. The van der Waals surface area contributed by atoms with Crippen LogP contribution < -0.4 is 5.32 Å². The number of nitrogens with zero attached hydrogens (tertiary/aromatic N) is 1. The minimum absolute atomic E-state index is 0.131. The maximum atomic E-state index is 12.3. The molecule has 0 aromatic heterocycles. The number of rotatable bonds is 3. The van der Waals surface area contributed by atoms with Gasteiger partial charge in [-0.2, -0.15) is 0 Å². The molecule has 3 heterocycles. The predicted molar refractivity (Wildman–Crippen MR) is 75.5 cm³/mol. The number of hydrogen-bond donors (Lipinski definition) is 1. The monoisotopic (exact) mass is 282 g/mol. The lowest BCUT2D eigenvalue weighted by atomic mass is 9.98. The molecule has 3 aliphatic heterocycles. The Morgan fingerprint density at radius 1 is 1.00 bits per heavy atom. The Balaban J connectivity index is 1.53. The highest BCUT2D eigenvalue weighted by Crippen LogP contribution is 2.20. The van der Waals surface area contributed by atoms with E-state index in [1.807, 2.05) is 0 Å². The average Bonchev–Trinajstić information content (AvgIpc) is 2.97. The summed E-state index contributed by atoms with van der Waals surface area (Å²) in [7, 11) is 0. The van der Waals surface area contributed by atoms with Gasteiger partial charge in [-0.3, -0.25) is 9.69 Å². The van der Waals surface area contributed by atoms with E-state index in [4.69, 9.17) is 9.47 Å². The lowest BCUT2D eigenvalue weighted by molar-refractivity contribution is -0.128. The summed E-state index contributed by atoms with van der Waals surface area (Å²) >= 11 is 0. The molecular formula is C15H26N2O3. The highest BCUT2D eigenvalue weighted by atomic mass is 16.5. The molecule has 1 N–H and O–H groups in total. The van der Waals surface area contributed by atoms with Crippen LogP contribution in [0.1, 0.15) is 32.1 Å². The third-order valence-corrected chi connectivity index (χ3v) is 4.83. The molecule has 3 rings (SSSR count). The second kappa shape index (κ2) is 6.87. The SMILES string of the molecule is O=C(N[C@H]1COC[C@@H]1N1CCCCC1)C1CCOCC1. The number of nitrogens with one attached hydrogen (secondary N) is 1. The topological polar surface area (TPSA) is 50.8 Å². The zero-order valence-electron chi connectivity index (χ0n) is 12.2. The van der Waals surface area contributed by atoms with Crippen LogP contribution in [0.5, 0.6) is 0 Å². The number of likely N-dealkylation sites (tertiary alicyclic amines) is 1. The molecule has 114 valence electrons. The van der Waals surface area contributed by atoms with Crippen molar-refractivity contribution in [2.75, 3.05) is 39.5 Å². The van der Waals surface area contributed by atoms with E-state index in [0.717, 1.165) is 45.8 Å². The molecule has 1 amide bonds. The van der Waals surface area contributed by atoms with Crippen LogP contribution in [0.4, 0.5) is 0 Å². The second-order valence-corrected chi connectivity index (χ2v) is 6.20. The summed E-state index contributed by atoms with van der Waals surface area (Å²) in [5, 5.41) is 3.23. The van der Waals surface area contributed by atoms with Gasteiger partial charge in [0, 0.05) is 19.1 Å². The predicted octanol–water partition coefficient (Wildman–Crippen LogP) is 0.782. The minimum atomic E-state index is 0.131. The van der Waals surface area contributed by atoms with Crippen molar-refractivity contribution in [2.45, 2.75) is 44.2 Å². The molecule has 0 unspecified atom stereocenters. The van der Waals surface area contributed by atoms with Crippen LogP contribution in [0.3, 0.4) is 0 Å². The summed E-state index contributed by atoms with van der Waals surface area (Å²) in [6.07, 6.45) is 5.60. The zero-order valence-corrected chi connectivity index (χ0v) is 12.2. The molecule has 0 saturated carbocycles. The molecule has 3 fully saturated rings. The van der Waals surface area contributed by atoms with E-state index in [1.54, 1.807) is 0 Å². The summed E-state index contributed by atoms with van der Waals surface area (Å²) in [6, 6.07) is 0.544. The largest absolute Gasteiger partial charge is 0.381 e. The van der Waals surface area contributed by atoms with Gasteiger partial charge in [-0.05, 0) is 38.8 Å². The van der Waals surface area contributed by atoms with Gasteiger partial charge in [-0.15, -0.1) is 0 Å². The molecule has 20 heavy (non-hydrogen) atoms. The minimum Gasteiger partial charge on any atom is -0.381 e. The Morgan fingerprint density at radius 3 is 2.50 bits per heavy atom. The van der Waals surface area contributed by atoms with Gasteiger partial charge in [-0.1, -0.05) is 6.42 Å². The Morgan fingerprint density at radius 2 is 1.75 bits per heavy atom. The summed E-state index contributed by atoms with van der Waals surface area (Å²) in [6.45, 7) is 5.16. The summed E-state index contributed by atoms with van der Waals surface area (Å²) < 4.78 is 11.0. The van der Waals surface area contributed by atoms with Gasteiger partial charge < -0.3 is 14.8 Å². The fourth-order valence-electron chi connectivity index (χ4n) is 3.55. The molecule has 0 spiro atoms. The third-order valence-electron chi connectivity index (χ3n) is 4.83. The van der Waals surface area contributed by atoms with Gasteiger partial charge in [0.05, 0.1) is 25.3 Å². The molecule has 0 radical (unpaired) electrons. The first-order valence-electron chi connectivity index (χ1n) is 8.04. The van der Waals surface area contributed by atoms with Crippen LogP contribution >= 0.6 is 0 Å². The van der Waals surface area contributed by atoms with E-state index in [9.17, 15) is 4.79 Å². The lowest BCUT2D eigenvalue weighted by Crippen LogP contribution is -2.53. The van der Waals surface area contributed by atoms with E-state index in [0.29, 0.717) is 12.6 Å². The normalized spacial score (nSPS) is 33.2. The second-order valence-electron chi connectivity index (χ2n) is 6.20. The maximum absolute atomic E-state index is 12.3. The summed E-state index contributed by atoms with van der Waals surface area (Å²) in [4.78, 5) is 14.8. The van der Waals surface area contributed by atoms with Crippen molar-refractivity contribution in [2.24, 2.45) is 5.92 Å². The Bertz CT molecular complexity index is 325. The quantitative estimate of drug-likeness (QED) is 0.831. The van der Waals surface area contributed by atoms with Gasteiger partial charge in [-0.25, -0.2) is 0 Å². The standard InChI is InChI=1S/C15H26N2O3/c18-15(12-4-8-19-9-5-12)16-13-10-20-11-14(13)17-6-2-1-3-7-17/h12-14H,1-11H2,(H,16,18)/t13-,14-/m0/s1. The molecule has 3 saturated heterocycles. The van der Waals surface area contributed by atoms with Crippen LogP contribution in [0.25, 0.3) is 0 Å². The molecule has 5 nitrogen and oxygen atoms in total. The lowest BCUT2D eigenvalue weighted by Gasteiger charge is -2.35. The van der Waals surface area contributed by atoms with E-state index >= 15 is 0 Å². The number of amides is 1. The smallest absolute Gasteiger partial charge is 0.223 e. The Labute approximate surface area is 121 Å². The molecule has 0 aromatic carbocycles. The molecular weight excluding hydrogens is 256 g/mol. The fourth-order valence-corrected chi connectivity index (χ4v) is 3.55. The van der Waals surface area contributed by atoms with Crippen molar-refractivity contribution in [3.63, 3.8) is 0 Å². The Hall–Kier alpha value is -0.650. The molecule has 3 aliphatic rings. The first kappa shape index (κ1) is 14.3. The highest BCUT2D eigenvalue weighted by molar-refractivity contribution is 5.79. The summed E-state index contributed by atoms with van der Waals surface area (Å²) in [5.41, 5.74) is 0. The van der Waals surface area contributed by atoms with Crippen molar-refractivity contribution in [1.82, 2.24) is 10.2 Å². The van der Waals surface area contributed by atoms with Crippen LogP contribution in [0.15, 0.2) is 0 Å². The Kier molecular flexibility index (Phi) is 4.91. The van der Waals surface area contributed by atoms with Gasteiger partial charge in [0.2, 0.25) is 5.91 Å². The number of carbonyl (C=O) groups excluding carboxylic acids is 1. The van der Waals surface area contributed by atoms with Crippen LogP contribution in [-0.2, 0) is 14.3 Å². The molecule has 0 aromatic rings. The average molecular weight is 282 g/mol. The van der Waals surface area contributed by atoms with E-state index in [-0.39, 0.29) is 17.9 Å². The van der Waals surface area contributed by atoms with Gasteiger partial charge >= 0.3 is 0 Å². The maximum Gasteiger partial charge on any atom is 0.223 e. The molecule has 0 bridgehead atoms. The van der Waals surface area contributed by atoms with Gasteiger partial charge in [0.1, 0.15) is 0 Å².